The van der Waals surface area contributed by atoms with Gasteiger partial charge in [0, 0.05) is 17.3 Å². The SMILES string of the molecule is Cc1cc(=O)[nH]c(-c2ccc3cc(OCC(=O)OCCN4C(=O)c5ccccc5C4=O)ccc3c2)n1. The van der Waals surface area contributed by atoms with E-state index in [0.717, 1.165) is 21.2 Å². The third kappa shape index (κ3) is 4.58. The summed E-state index contributed by atoms with van der Waals surface area (Å²) in [7, 11) is 0. The Balaban J connectivity index is 1.16. The van der Waals surface area contributed by atoms with E-state index in [4.69, 9.17) is 9.47 Å². The summed E-state index contributed by atoms with van der Waals surface area (Å²) in [4.78, 5) is 56.7. The maximum absolute atomic E-state index is 12.4. The van der Waals surface area contributed by atoms with Crippen molar-refractivity contribution in [2.75, 3.05) is 19.8 Å². The Morgan fingerprint density at radius 2 is 1.61 bits per heavy atom. The number of H-pyrrole nitrogens is 1. The van der Waals surface area contributed by atoms with E-state index < -0.39 is 17.8 Å². The number of aromatic amines is 1. The van der Waals surface area contributed by atoms with Crippen molar-refractivity contribution >= 4 is 28.6 Å². The summed E-state index contributed by atoms with van der Waals surface area (Å²) in [6.45, 7) is 1.29. The number of carbonyl (C=O) groups is 3. The number of nitrogens with one attached hydrogen (secondary N) is 1. The molecular weight excluding hydrogens is 462 g/mol. The quantitative estimate of drug-likeness (QED) is 0.317. The first kappa shape index (κ1) is 23.0. The molecule has 0 unspecified atom stereocenters. The van der Waals surface area contributed by atoms with Gasteiger partial charge in [-0.25, -0.2) is 9.78 Å². The van der Waals surface area contributed by atoms with Crippen LogP contribution in [0.2, 0.25) is 0 Å². The van der Waals surface area contributed by atoms with E-state index in [1.54, 1.807) is 43.3 Å². The lowest BCUT2D eigenvalue weighted by Gasteiger charge is -2.14. The highest BCUT2D eigenvalue weighted by Crippen LogP contribution is 2.25. The second kappa shape index (κ2) is 9.46. The summed E-state index contributed by atoms with van der Waals surface area (Å²) in [5.41, 5.74) is 1.90. The molecule has 2 heterocycles. The molecule has 9 nitrogen and oxygen atoms in total. The van der Waals surface area contributed by atoms with Crippen molar-refractivity contribution in [3.8, 4) is 17.1 Å². The highest BCUT2D eigenvalue weighted by molar-refractivity contribution is 6.21. The number of fused-ring (bicyclic) bond motifs is 2. The van der Waals surface area contributed by atoms with Crippen LogP contribution in [0.25, 0.3) is 22.2 Å². The second-order valence-corrected chi connectivity index (χ2v) is 8.28. The van der Waals surface area contributed by atoms with Crippen molar-refractivity contribution in [1.29, 1.82) is 0 Å². The zero-order chi connectivity index (χ0) is 25.2. The summed E-state index contributed by atoms with van der Waals surface area (Å²) in [6.07, 6.45) is 0. The van der Waals surface area contributed by atoms with Crippen LogP contribution in [0.15, 0.2) is 71.5 Å². The fourth-order valence-electron chi connectivity index (χ4n) is 4.05. The van der Waals surface area contributed by atoms with E-state index >= 15 is 0 Å². The molecule has 180 valence electrons. The van der Waals surface area contributed by atoms with Crippen LogP contribution in [0, 0.1) is 6.92 Å². The molecule has 0 saturated heterocycles. The molecule has 0 radical (unpaired) electrons. The summed E-state index contributed by atoms with van der Waals surface area (Å²) in [5.74, 6) is -0.434. The molecule has 9 heteroatoms. The molecule has 1 aliphatic rings. The van der Waals surface area contributed by atoms with Crippen LogP contribution in [-0.4, -0.2) is 52.4 Å². The number of esters is 1. The predicted molar refractivity (Wildman–Crippen MR) is 131 cm³/mol. The van der Waals surface area contributed by atoms with Gasteiger partial charge in [0.25, 0.3) is 17.4 Å². The maximum atomic E-state index is 12.4. The number of hydrogen-bond acceptors (Lipinski definition) is 7. The van der Waals surface area contributed by atoms with E-state index in [-0.39, 0.29) is 25.3 Å². The maximum Gasteiger partial charge on any atom is 0.344 e. The average Bonchev–Trinajstić information content (AvgIpc) is 3.11. The van der Waals surface area contributed by atoms with E-state index in [1.807, 2.05) is 24.3 Å². The lowest BCUT2D eigenvalue weighted by atomic mass is 10.1. The van der Waals surface area contributed by atoms with Crippen LogP contribution >= 0.6 is 0 Å². The van der Waals surface area contributed by atoms with Gasteiger partial charge < -0.3 is 14.5 Å². The molecule has 1 aliphatic heterocycles. The minimum atomic E-state index is -0.614. The minimum Gasteiger partial charge on any atom is -0.482 e. The smallest absolute Gasteiger partial charge is 0.344 e. The Morgan fingerprint density at radius 1 is 0.917 bits per heavy atom. The third-order valence-electron chi connectivity index (χ3n) is 5.77. The first-order valence-corrected chi connectivity index (χ1v) is 11.2. The van der Waals surface area contributed by atoms with E-state index in [0.29, 0.717) is 28.4 Å². The number of carbonyl (C=O) groups excluding carboxylic acids is 3. The van der Waals surface area contributed by atoms with Gasteiger partial charge in [0.05, 0.1) is 17.7 Å². The van der Waals surface area contributed by atoms with Crippen molar-refractivity contribution in [2.45, 2.75) is 6.92 Å². The van der Waals surface area contributed by atoms with Gasteiger partial charge in [-0.3, -0.25) is 19.3 Å². The Bertz CT molecular complexity index is 1540. The van der Waals surface area contributed by atoms with Crippen LogP contribution in [0.1, 0.15) is 26.4 Å². The summed E-state index contributed by atoms with van der Waals surface area (Å²) in [5, 5.41) is 1.79. The number of aromatic nitrogens is 2. The molecule has 0 fully saturated rings. The van der Waals surface area contributed by atoms with Gasteiger partial charge in [-0.05, 0) is 48.0 Å². The number of rotatable bonds is 7. The van der Waals surface area contributed by atoms with Gasteiger partial charge in [-0.1, -0.05) is 30.3 Å². The first-order valence-electron chi connectivity index (χ1n) is 11.2. The minimum absolute atomic E-state index is 0.0303. The van der Waals surface area contributed by atoms with Crippen molar-refractivity contribution in [3.63, 3.8) is 0 Å². The molecule has 0 saturated carbocycles. The zero-order valence-corrected chi connectivity index (χ0v) is 19.3. The lowest BCUT2D eigenvalue weighted by Crippen LogP contribution is -2.33. The van der Waals surface area contributed by atoms with Crippen LogP contribution in [0.3, 0.4) is 0 Å². The highest BCUT2D eigenvalue weighted by Gasteiger charge is 2.34. The molecule has 36 heavy (non-hydrogen) atoms. The molecule has 0 spiro atoms. The van der Waals surface area contributed by atoms with Gasteiger partial charge >= 0.3 is 5.97 Å². The van der Waals surface area contributed by atoms with E-state index in [2.05, 4.69) is 9.97 Å². The van der Waals surface area contributed by atoms with Crippen molar-refractivity contribution < 1.29 is 23.9 Å². The molecule has 2 amide bonds. The number of imide groups is 1. The van der Waals surface area contributed by atoms with E-state index in [9.17, 15) is 19.2 Å². The van der Waals surface area contributed by atoms with Crippen LogP contribution < -0.4 is 10.3 Å². The molecular formula is C27H21N3O6. The first-order chi connectivity index (χ1) is 17.4. The molecule has 0 aliphatic carbocycles. The lowest BCUT2D eigenvalue weighted by molar-refractivity contribution is -0.146. The Morgan fingerprint density at radius 3 is 2.33 bits per heavy atom. The predicted octanol–water partition coefficient (Wildman–Crippen LogP) is 3.12. The molecule has 0 bridgehead atoms. The molecule has 5 rings (SSSR count). The highest BCUT2D eigenvalue weighted by atomic mass is 16.6. The fourth-order valence-corrected chi connectivity index (χ4v) is 4.05. The van der Waals surface area contributed by atoms with Crippen molar-refractivity contribution in [3.05, 3.63) is 93.9 Å². The van der Waals surface area contributed by atoms with Crippen LogP contribution in [-0.2, 0) is 9.53 Å². The monoisotopic (exact) mass is 483 g/mol. The fraction of sp³-hybridized carbons (Fsp3) is 0.148. The van der Waals surface area contributed by atoms with Crippen LogP contribution in [0.4, 0.5) is 0 Å². The Hall–Kier alpha value is -4.79. The topological polar surface area (TPSA) is 119 Å². The molecule has 4 aromatic rings. The number of benzene rings is 3. The zero-order valence-electron chi connectivity index (χ0n) is 19.3. The number of nitrogens with zero attached hydrogens (tertiary/aromatic N) is 2. The number of hydrogen-bond donors (Lipinski definition) is 1. The van der Waals surface area contributed by atoms with Crippen LogP contribution in [0.5, 0.6) is 5.75 Å². The van der Waals surface area contributed by atoms with Crippen molar-refractivity contribution in [2.24, 2.45) is 0 Å². The number of aryl methyl sites for hydroxylation is 1. The largest absolute Gasteiger partial charge is 0.482 e. The van der Waals surface area contributed by atoms with Crippen molar-refractivity contribution in [1.82, 2.24) is 14.9 Å². The Labute approximate surface area is 205 Å². The van der Waals surface area contributed by atoms with E-state index in [1.165, 1.54) is 6.07 Å². The average molecular weight is 483 g/mol. The second-order valence-electron chi connectivity index (χ2n) is 8.28. The number of amides is 2. The summed E-state index contributed by atoms with van der Waals surface area (Å²) >= 11 is 0. The normalized spacial score (nSPS) is 12.6. The van der Waals surface area contributed by atoms with Gasteiger partial charge in [0.15, 0.2) is 6.61 Å². The summed E-state index contributed by atoms with van der Waals surface area (Å²) < 4.78 is 10.7. The molecule has 1 N–H and O–H groups in total. The van der Waals surface area contributed by atoms with Gasteiger partial charge in [-0.15, -0.1) is 0 Å². The third-order valence-corrected chi connectivity index (χ3v) is 5.77. The standard InChI is InChI=1S/C27H21N3O6/c1-16-12-23(31)29-25(28-16)19-7-6-18-14-20(9-8-17(18)13-19)36-15-24(32)35-11-10-30-26(33)21-4-2-3-5-22(21)27(30)34/h2-9,12-14H,10-11,15H2,1H3,(H,28,29,31). The number of ether oxygens (including phenoxy) is 2. The van der Waals surface area contributed by atoms with Gasteiger partial charge in [0.1, 0.15) is 18.2 Å². The summed E-state index contributed by atoms with van der Waals surface area (Å²) in [6, 6.07) is 19.0. The molecule has 3 aromatic carbocycles. The molecule has 0 atom stereocenters. The Kier molecular flexibility index (Phi) is 6.03. The molecule has 1 aromatic heterocycles. The van der Waals surface area contributed by atoms with Gasteiger partial charge in [-0.2, -0.15) is 0 Å². The van der Waals surface area contributed by atoms with Gasteiger partial charge in [0.2, 0.25) is 0 Å².